The van der Waals surface area contributed by atoms with Gasteiger partial charge in [-0.1, -0.05) is 0 Å². The molecular weight excluding hydrogens is 294 g/mol. The third-order valence-corrected chi connectivity index (χ3v) is 5.05. The van der Waals surface area contributed by atoms with Crippen LogP contribution >= 0.6 is 0 Å². The number of H-pyrrole nitrogens is 1. The van der Waals surface area contributed by atoms with Gasteiger partial charge in [-0.25, -0.2) is 4.98 Å². The first-order valence-electron chi connectivity index (χ1n) is 8.46. The van der Waals surface area contributed by atoms with Crippen molar-refractivity contribution < 1.29 is 9.53 Å². The summed E-state index contributed by atoms with van der Waals surface area (Å²) in [6.07, 6.45) is 3.82. The molecule has 3 N–H and O–H groups in total. The minimum atomic E-state index is -0.201. The Labute approximate surface area is 137 Å². The van der Waals surface area contributed by atoms with Crippen LogP contribution in [0, 0.1) is 12.8 Å². The quantitative estimate of drug-likeness (QED) is 0.822. The number of hydrogen-bond acceptors (Lipinski definition) is 5. The Bertz CT molecular complexity index is 526. The molecule has 1 amide bonds. The molecule has 2 aliphatic heterocycles. The summed E-state index contributed by atoms with van der Waals surface area (Å²) in [6, 6.07) is 0.512. The van der Waals surface area contributed by atoms with Crippen LogP contribution in [0.1, 0.15) is 24.2 Å². The molecule has 1 aromatic rings. The molecule has 1 aromatic heterocycles. The molecule has 0 aromatic carbocycles. The van der Waals surface area contributed by atoms with E-state index >= 15 is 0 Å². The molecule has 128 valence electrons. The number of nitrogens with one attached hydrogen (secondary N) is 1. The van der Waals surface area contributed by atoms with Gasteiger partial charge in [-0.05, 0) is 19.8 Å². The molecule has 7 nitrogen and oxygen atoms in total. The zero-order valence-electron chi connectivity index (χ0n) is 13.8. The second-order valence-electron chi connectivity index (χ2n) is 6.65. The number of carbonyl (C=O) groups is 1. The highest BCUT2D eigenvalue weighted by Crippen LogP contribution is 2.20. The molecule has 0 radical (unpaired) electrons. The number of amides is 1. The number of rotatable bonds is 4. The lowest BCUT2D eigenvalue weighted by atomic mass is 10.0. The summed E-state index contributed by atoms with van der Waals surface area (Å²) >= 11 is 0. The fourth-order valence-corrected chi connectivity index (χ4v) is 3.57. The topological polar surface area (TPSA) is 87.5 Å². The minimum absolute atomic E-state index is 0.125. The van der Waals surface area contributed by atoms with E-state index in [0.717, 1.165) is 63.6 Å². The lowest BCUT2D eigenvalue weighted by molar-refractivity contribution is -0.122. The molecule has 1 atom stereocenters. The monoisotopic (exact) mass is 321 g/mol. The first-order valence-corrected chi connectivity index (χ1v) is 8.46. The average molecular weight is 321 g/mol. The van der Waals surface area contributed by atoms with Crippen LogP contribution < -0.4 is 5.73 Å². The summed E-state index contributed by atoms with van der Waals surface area (Å²) in [6.45, 7) is 7.81. The smallest absolute Gasteiger partial charge is 0.223 e. The Morgan fingerprint density at radius 2 is 2.17 bits per heavy atom. The van der Waals surface area contributed by atoms with Crippen LogP contribution in [-0.4, -0.2) is 71.1 Å². The first-order chi connectivity index (χ1) is 11.1. The number of aromatic nitrogens is 2. The molecule has 7 heteroatoms. The highest BCUT2D eigenvalue weighted by Gasteiger charge is 2.31. The summed E-state index contributed by atoms with van der Waals surface area (Å²) in [7, 11) is 0. The van der Waals surface area contributed by atoms with E-state index in [-0.39, 0.29) is 11.8 Å². The van der Waals surface area contributed by atoms with Crippen LogP contribution in [-0.2, 0) is 16.1 Å². The van der Waals surface area contributed by atoms with Gasteiger partial charge in [0.15, 0.2) is 0 Å². The summed E-state index contributed by atoms with van der Waals surface area (Å²) < 4.78 is 5.46. The predicted octanol–water partition coefficient (Wildman–Crippen LogP) is 0.116. The van der Waals surface area contributed by atoms with Gasteiger partial charge in [0.2, 0.25) is 5.91 Å². The van der Waals surface area contributed by atoms with Gasteiger partial charge in [-0.2, -0.15) is 0 Å². The van der Waals surface area contributed by atoms with Crippen molar-refractivity contribution in [2.45, 2.75) is 32.4 Å². The maximum absolute atomic E-state index is 11.9. The van der Waals surface area contributed by atoms with Gasteiger partial charge in [-0.15, -0.1) is 0 Å². The molecule has 2 fully saturated rings. The Morgan fingerprint density at radius 1 is 1.39 bits per heavy atom. The van der Waals surface area contributed by atoms with Gasteiger partial charge >= 0.3 is 0 Å². The SMILES string of the molecule is Cc1[nH]cnc1CN1CCN(C2CCOCC2)CC(C(N)=O)C1. The van der Waals surface area contributed by atoms with Crippen LogP contribution in [0.15, 0.2) is 6.33 Å². The number of carbonyl (C=O) groups excluding carboxylic acids is 1. The van der Waals surface area contributed by atoms with Crippen molar-refractivity contribution in [2.75, 3.05) is 39.4 Å². The number of ether oxygens (including phenoxy) is 1. The summed E-state index contributed by atoms with van der Waals surface area (Å²) in [5.41, 5.74) is 7.79. The lowest BCUT2D eigenvalue weighted by Gasteiger charge is -2.34. The van der Waals surface area contributed by atoms with Gasteiger partial charge in [0.05, 0.1) is 17.9 Å². The largest absolute Gasteiger partial charge is 0.381 e. The number of primary amides is 1. The van der Waals surface area contributed by atoms with Crippen molar-refractivity contribution in [3.8, 4) is 0 Å². The third-order valence-electron chi connectivity index (χ3n) is 5.05. The van der Waals surface area contributed by atoms with Crippen molar-refractivity contribution in [3.63, 3.8) is 0 Å². The highest BCUT2D eigenvalue weighted by molar-refractivity contribution is 5.77. The molecular formula is C16H27N5O2. The molecule has 0 aliphatic carbocycles. The van der Waals surface area contributed by atoms with E-state index in [1.54, 1.807) is 6.33 Å². The number of aromatic amines is 1. The fraction of sp³-hybridized carbons (Fsp3) is 0.750. The predicted molar refractivity (Wildman–Crippen MR) is 86.7 cm³/mol. The second kappa shape index (κ2) is 7.42. The number of imidazole rings is 1. The van der Waals surface area contributed by atoms with E-state index in [2.05, 4.69) is 19.8 Å². The third kappa shape index (κ3) is 4.10. The number of nitrogens with two attached hydrogens (primary N) is 1. The standard InChI is InChI=1S/C16H27N5O2/c1-12-15(19-11-18-12)10-20-4-5-21(9-13(8-20)16(17)22)14-2-6-23-7-3-14/h11,13-14H,2-10H2,1H3,(H2,17,22)(H,18,19). The van der Waals surface area contributed by atoms with E-state index in [1.807, 2.05) is 6.92 Å². The van der Waals surface area contributed by atoms with Gasteiger partial charge in [0, 0.05) is 57.7 Å². The van der Waals surface area contributed by atoms with Crippen LogP contribution in [0.4, 0.5) is 0 Å². The normalized spacial score (nSPS) is 25.3. The van der Waals surface area contributed by atoms with Crippen molar-refractivity contribution in [3.05, 3.63) is 17.7 Å². The van der Waals surface area contributed by atoms with Crippen molar-refractivity contribution >= 4 is 5.91 Å². The number of aryl methyl sites for hydroxylation is 1. The Hall–Kier alpha value is -1.44. The van der Waals surface area contributed by atoms with E-state index in [0.29, 0.717) is 12.6 Å². The van der Waals surface area contributed by atoms with Crippen LogP contribution in [0.2, 0.25) is 0 Å². The van der Waals surface area contributed by atoms with Crippen LogP contribution in [0.5, 0.6) is 0 Å². The zero-order valence-corrected chi connectivity index (χ0v) is 13.8. The Kier molecular flexibility index (Phi) is 5.30. The Balaban J connectivity index is 1.67. The molecule has 0 saturated carbocycles. The van der Waals surface area contributed by atoms with Crippen molar-refractivity contribution in [1.82, 2.24) is 19.8 Å². The van der Waals surface area contributed by atoms with E-state index in [9.17, 15) is 4.79 Å². The summed E-state index contributed by atoms with van der Waals surface area (Å²) in [5.74, 6) is -0.327. The average Bonchev–Trinajstić information content (AvgIpc) is 2.83. The highest BCUT2D eigenvalue weighted by atomic mass is 16.5. The number of hydrogen-bond donors (Lipinski definition) is 2. The maximum atomic E-state index is 11.9. The first kappa shape index (κ1) is 16.4. The van der Waals surface area contributed by atoms with Crippen LogP contribution in [0.3, 0.4) is 0 Å². The molecule has 3 rings (SSSR count). The van der Waals surface area contributed by atoms with Gasteiger partial charge in [0.25, 0.3) is 0 Å². The van der Waals surface area contributed by atoms with Gasteiger partial charge in [0.1, 0.15) is 0 Å². The molecule has 1 unspecified atom stereocenters. The second-order valence-corrected chi connectivity index (χ2v) is 6.65. The van der Waals surface area contributed by atoms with Crippen molar-refractivity contribution in [2.24, 2.45) is 11.7 Å². The molecule has 0 spiro atoms. The van der Waals surface area contributed by atoms with Gasteiger partial charge < -0.3 is 15.5 Å². The Morgan fingerprint density at radius 3 is 2.83 bits per heavy atom. The molecule has 23 heavy (non-hydrogen) atoms. The van der Waals surface area contributed by atoms with Crippen molar-refractivity contribution in [1.29, 1.82) is 0 Å². The zero-order chi connectivity index (χ0) is 16.2. The van der Waals surface area contributed by atoms with E-state index < -0.39 is 0 Å². The maximum Gasteiger partial charge on any atom is 0.223 e. The fourth-order valence-electron chi connectivity index (χ4n) is 3.57. The summed E-state index contributed by atoms with van der Waals surface area (Å²) in [4.78, 5) is 24.1. The minimum Gasteiger partial charge on any atom is -0.381 e. The summed E-state index contributed by atoms with van der Waals surface area (Å²) in [5, 5.41) is 0. The molecule has 0 bridgehead atoms. The van der Waals surface area contributed by atoms with Gasteiger partial charge in [-0.3, -0.25) is 14.6 Å². The lowest BCUT2D eigenvalue weighted by Crippen LogP contribution is -2.44. The molecule has 2 aliphatic rings. The molecule has 3 heterocycles. The van der Waals surface area contributed by atoms with Crippen LogP contribution in [0.25, 0.3) is 0 Å². The van der Waals surface area contributed by atoms with E-state index in [1.165, 1.54) is 0 Å². The van der Waals surface area contributed by atoms with E-state index in [4.69, 9.17) is 10.5 Å². The molecule has 2 saturated heterocycles. The number of nitrogens with zero attached hydrogens (tertiary/aromatic N) is 3.